The van der Waals surface area contributed by atoms with Gasteiger partial charge in [0, 0.05) is 6.54 Å². The van der Waals surface area contributed by atoms with Crippen molar-refractivity contribution >= 4 is 0 Å². The van der Waals surface area contributed by atoms with E-state index in [1.807, 2.05) is 13.0 Å². The van der Waals surface area contributed by atoms with Crippen molar-refractivity contribution < 1.29 is 4.39 Å². The zero-order chi connectivity index (χ0) is 13.1. The fourth-order valence-electron chi connectivity index (χ4n) is 1.55. The molecule has 0 atom stereocenters. The summed E-state index contributed by atoms with van der Waals surface area (Å²) >= 11 is 0. The molecule has 0 aliphatic rings. The Labute approximate surface area is 105 Å². The van der Waals surface area contributed by atoms with Crippen molar-refractivity contribution in [3.8, 4) is 0 Å². The van der Waals surface area contributed by atoms with Gasteiger partial charge in [-0.05, 0) is 52.0 Å². The molecule has 0 rings (SSSR count). The molecule has 1 nitrogen and oxygen atoms in total. The van der Waals surface area contributed by atoms with Gasteiger partial charge in [-0.3, -0.25) is 0 Å². The number of nitrogens with two attached hydrogens (primary N) is 1. The molecule has 0 spiro atoms. The van der Waals surface area contributed by atoms with E-state index >= 15 is 0 Å². The number of allylic oxidation sites excluding steroid dienone is 5. The van der Waals surface area contributed by atoms with Gasteiger partial charge in [-0.25, -0.2) is 4.39 Å². The van der Waals surface area contributed by atoms with Crippen LogP contribution in [0, 0.1) is 0 Å². The molecular formula is C15H26FN. The minimum Gasteiger partial charge on any atom is -0.327 e. The predicted molar refractivity (Wildman–Crippen MR) is 74.8 cm³/mol. The van der Waals surface area contributed by atoms with Gasteiger partial charge in [0.1, 0.15) is 6.67 Å². The molecule has 0 heterocycles. The van der Waals surface area contributed by atoms with E-state index in [1.165, 1.54) is 11.1 Å². The lowest BCUT2D eigenvalue weighted by molar-refractivity contribution is 0.541. The fraction of sp³-hybridized carbons (Fsp3) is 0.600. The molecule has 2 N–H and O–H groups in total. The van der Waals surface area contributed by atoms with Gasteiger partial charge in [-0.1, -0.05) is 29.4 Å². The van der Waals surface area contributed by atoms with E-state index in [2.05, 4.69) is 26.0 Å². The highest BCUT2D eigenvalue weighted by Gasteiger charge is 1.92. The number of halogens is 1. The predicted octanol–water partition coefficient (Wildman–Crippen LogP) is 4.31. The van der Waals surface area contributed by atoms with Gasteiger partial charge in [0.25, 0.3) is 0 Å². The van der Waals surface area contributed by atoms with Crippen molar-refractivity contribution in [1.82, 2.24) is 0 Å². The third kappa shape index (κ3) is 10.0. The van der Waals surface area contributed by atoms with E-state index in [4.69, 9.17) is 5.73 Å². The first-order chi connectivity index (χ1) is 8.10. The van der Waals surface area contributed by atoms with Crippen LogP contribution in [0.25, 0.3) is 0 Å². The first-order valence-electron chi connectivity index (χ1n) is 6.33. The topological polar surface area (TPSA) is 26.0 Å². The summed E-state index contributed by atoms with van der Waals surface area (Å²) in [5.41, 5.74) is 9.01. The number of hydrogen-bond acceptors (Lipinski definition) is 1. The van der Waals surface area contributed by atoms with Crippen LogP contribution in [0.1, 0.15) is 46.5 Å². The quantitative estimate of drug-likeness (QED) is 0.627. The third-order valence-electron chi connectivity index (χ3n) is 2.74. The number of rotatable bonds is 8. The van der Waals surface area contributed by atoms with Crippen LogP contribution in [0.4, 0.5) is 4.39 Å². The number of hydrogen-bond donors (Lipinski definition) is 1. The highest BCUT2D eigenvalue weighted by Crippen LogP contribution is 2.11. The van der Waals surface area contributed by atoms with Crippen LogP contribution in [-0.4, -0.2) is 13.2 Å². The second kappa shape index (κ2) is 10.3. The summed E-state index contributed by atoms with van der Waals surface area (Å²) in [6, 6.07) is 0. The molecule has 2 heteroatoms. The minimum absolute atomic E-state index is 0.328. The summed E-state index contributed by atoms with van der Waals surface area (Å²) in [5.74, 6) is 0. The SMILES string of the molecule is C/C(=C\CC/C(C)=C/CC/C(C)=C/CN)CF. The summed E-state index contributed by atoms with van der Waals surface area (Å²) in [6.45, 7) is 6.39. The molecule has 0 bridgehead atoms. The van der Waals surface area contributed by atoms with E-state index in [0.29, 0.717) is 6.54 Å². The van der Waals surface area contributed by atoms with Gasteiger partial charge >= 0.3 is 0 Å². The molecule has 0 saturated carbocycles. The van der Waals surface area contributed by atoms with E-state index < -0.39 is 0 Å². The van der Waals surface area contributed by atoms with E-state index in [1.54, 1.807) is 0 Å². The Bertz CT molecular complexity index is 287. The normalized spacial score (nSPS) is 14.3. The Morgan fingerprint density at radius 3 is 1.82 bits per heavy atom. The Hall–Kier alpha value is -0.890. The molecule has 0 saturated heterocycles. The molecule has 0 amide bonds. The van der Waals surface area contributed by atoms with Gasteiger partial charge in [-0.2, -0.15) is 0 Å². The number of alkyl halides is 1. The molecular weight excluding hydrogens is 213 g/mol. The smallest absolute Gasteiger partial charge is 0.110 e. The van der Waals surface area contributed by atoms with Gasteiger partial charge in [0.15, 0.2) is 0 Å². The molecule has 0 aromatic rings. The molecule has 0 aromatic heterocycles. The van der Waals surface area contributed by atoms with E-state index in [9.17, 15) is 4.39 Å². The van der Waals surface area contributed by atoms with Gasteiger partial charge in [-0.15, -0.1) is 0 Å². The third-order valence-corrected chi connectivity index (χ3v) is 2.74. The zero-order valence-corrected chi connectivity index (χ0v) is 11.4. The van der Waals surface area contributed by atoms with Gasteiger partial charge in [0.05, 0.1) is 0 Å². The zero-order valence-electron chi connectivity index (χ0n) is 11.4. The molecule has 0 radical (unpaired) electrons. The molecule has 0 fully saturated rings. The van der Waals surface area contributed by atoms with E-state index in [-0.39, 0.29) is 6.67 Å². The van der Waals surface area contributed by atoms with Crippen molar-refractivity contribution in [3.05, 3.63) is 34.9 Å². The molecule has 0 unspecified atom stereocenters. The minimum atomic E-state index is -0.328. The average molecular weight is 239 g/mol. The van der Waals surface area contributed by atoms with Crippen LogP contribution in [0.3, 0.4) is 0 Å². The molecule has 0 aliphatic heterocycles. The maximum Gasteiger partial charge on any atom is 0.110 e. The summed E-state index contributed by atoms with van der Waals surface area (Å²) in [4.78, 5) is 0. The Morgan fingerprint density at radius 2 is 1.35 bits per heavy atom. The lowest BCUT2D eigenvalue weighted by Gasteiger charge is -2.01. The summed E-state index contributed by atoms with van der Waals surface area (Å²) in [7, 11) is 0. The van der Waals surface area contributed by atoms with Crippen LogP contribution >= 0.6 is 0 Å². The van der Waals surface area contributed by atoms with Crippen molar-refractivity contribution in [3.63, 3.8) is 0 Å². The standard InChI is InChI=1S/C15H26FN/c1-13(7-5-9-15(3)12-16)6-4-8-14(2)10-11-17/h6,9-10H,4-5,7-8,11-12,17H2,1-3H3/b13-6+,14-10+,15-9+. The van der Waals surface area contributed by atoms with Crippen LogP contribution in [0.5, 0.6) is 0 Å². The van der Waals surface area contributed by atoms with Crippen molar-refractivity contribution in [1.29, 1.82) is 0 Å². The van der Waals surface area contributed by atoms with Crippen molar-refractivity contribution in [2.24, 2.45) is 5.73 Å². The van der Waals surface area contributed by atoms with Gasteiger partial charge in [0.2, 0.25) is 0 Å². The molecule has 0 aliphatic carbocycles. The first kappa shape index (κ1) is 16.1. The maximum absolute atomic E-state index is 12.2. The maximum atomic E-state index is 12.2. The second-order valence-corrected chi connectivity index (χ2v) is 4.60. The lowest BCUT2D eigenvalue weighted by atomic mass is 10.1. The highest BCUT2D eigenvalue weighted by molar-refractivity contribution is 5.06. The fourth-order valence-corrected chi connectivity index (χ4v) is 1.55. The van der Waals surface area contributed by atoms with Crippen LogP contribution < -0.4 is 5.73 Å². The molecule has 17 heavy (non-hydrogen) atoms. The van der Waals surface area contributed by atoms with Crippen LogP contribution in [0.15, 0.2) is 34.9 Å². The van der Waals surface area contributed by atoms with Crippen molar-refractivity contribution in [2.45, 2.75) is 46.5 Å². The second-order valence-electron chi connectivity index (χ2n) is 4.60. The monoisotopic (exact) mass is 239 g/mol. The Kier molecular flexibility index (Phi) is 9.74. The average Bonchev–Trinajstić information content (AvgIpc) is 2.29. The highest BCUT2D eigenvalue weighted by atomic mass is 19.1. The Balaban J connectivity index is 3.83. The van der Waals surface area contributed by atoms with Gasteiger partial charge < -0.3 is 5.73 Å². The van der Waals surface area contributed by atoms with E-state index in [0.717, 1.165) is 31.3 Å². The summed E-state index contributed by atoms with van der Waals surface area (Å²) in [5, 5.41) is 0. The largest absolute Gasteiger partial charge is 0.327 e. The molecule has 0 aromatic carbocycles. The van der Waals surface area contributed by atoms with Crippen LogP contribution in [0.2, 0.25) is 0 Å². The lowest BCUT2D eigenvalue weighted by Crippen LogP contribution is -1.94. The summed E-state index contributed by atoms with van der Waals surface area (Å²) < 4.78 is 12.2. The molecule has 98 valence electrons. The Morgan fingerprint density at radius 1 is 0.882 bits per heavy atom. The summed E-state index contributed by atoms with van der Waals surface area (Å²) in [6.07, 6.45) is 10.4. The first-order valence-corrected chi connectivity index (χ1v) is 6.33. The van der Waals surface area contributed by atoms with Crippen LogP contribution in [-0.2, 0) is 0 Å². The van der Waals surface area contributed by atoms with Crippen molar-refractivity contribution in [2.75, 3.05) is 13.2 Å².